The first-order valence-corrected chi connectivity index (χ1v) is 11.3. The van der Waals surface area contributed by atoms with Crippen LogP contribution in [0.1, 0.15) is 45.0 Å². The summed E-state index contributed by atoms with van der Waals surface area (Å²) in [4.78, 5) is 30.1. The molecule has 2 aliphatic heterocycles. The van der Waals surface area contributed by atoms with Crippen LogP contribution in [0.3, 0.4) is 0 Å². The van der Waals surface area contributed by atoms with Crippen LogP contribution in [0.25, 0.3) is 10.9 Å². The summed E-state index contributed by atoms with van der Waals surface area (Å²) in [5.74, 6) is 0.0557. The lowest BCUT2D eigenvalue weighted by Gasteiger charge is -2.29. The maximum Gasteiger partial charge on any atom is 0.238 e. The minimum absolute atomic E-state index is 0.0715. The topological polar surface area (TPSA) is 130 Å². The van der Waals surface area contributed by atoms with Crippen molar-refractivity contribution in [3.63, 3.8) is 0 Å². The van der Waals surface area contributed by atoms with Gasteiger partial charge in [0, 0.05) is 29.9 Å². The van der Waals surface area contributed by atoms with Crippen molar-refractivity contribution in [2.45, 2.75) is 51.4 Å². The number of methoxy groups -OCH3 is 1. The zero-order valence-electron chi connectivity index (χ0n) is 19.2. The molecular weight excluding hydrogens is 422 g/mol. The van der Waals surface area contributed by atoms with Crippen molar-refractivity contribution in [1.29, 1.82) is 5.26 Å². The van der Waals surface area contributed by atoms with Gasteiger partial charge in [-0.15, -0.1) is 0 Å². The first kappa shape index (κ1) is 23.1. The first-order chi connectivity index (χ1) is 15.7. The number of ether oxygens (including phenoxy) is 1. The van der Waals surface area contributed by atoms with Gasteiger partial charge in [0.2, 0.25) is 11.8 Å². The van der Waals surface area contributed by atoms with Gasteiger partial charge in [0.1, 0.15) is 18.0 Å². The Labute approximate surface area is 193 Å². The molecule has 2 amide bonds. The number of hydrogen-bond donors (Lipinski definition) is 4. The lowest BCUT2D eigenvalue weighted by atomic mass is 9.90. The smallest absolute Gasteiger partial charge is 0.238 e. The van der Waals surface area contributed by atoms with Crippen molar-refractivity contribution in [2.24, 2.45) is 11.3 Å². The number of H-pyrrole nitrogens is 1. The van der Waals surface area contributed by atoms with E-state index in [0.29, 0.717) is 37.4 Å². The summed E-state index contributed by atoms with van der Waals surface area (Å²) in [7, 11) is 1.60. The average molecular weight is 454 g/mol. The highest BCUT2D eigenvalue weighted by Gasteiger charge is 2.45. The summed E-state index contributed by atoms with van der Waals surface area (Å²) in [6.45, 7) is 5.22. The van der Waals surface area contributed by atoms with Crippen molar-refractivity contribution in [2.75, 3.05) is 20.2 Å². The van der Waals surface area contributed by atoms with Gasteiger partial charge < -0.3 is 25.5 Å². The van der Waals surface area contributed by atoms with E-state index in [1.165, 1.54) is 0 Å². The maximum absolute atomic E-state index is 13.2. The third kappa shape index (κ3) is 4.68. The van der Waals surface area contributed by atoms with Gasteiger partial charge in [-0.25, -0.2) is 0 Å². The summed E-state index contributed by atoms with van der Waals surface area (Å²) in [5, 5.41) is 27.3. The summed E-state index contributed by atoms with van der Waals surface area (Å²) in [6, 6.07) is 8.23. The molecule has 0 bridgehead atoms. The molecule has 2 saturated heterocycles. The van der Waals surface area contributed by atoms with Crippen LogP contribution < -0.4 is 15.4 Å². The number of carbonyl (C=O) groups is 2. The fraction of sp³-hybridized carbons (Fsp3) is 0.542. The monoisotopic (exact) mass is 453 g/mol. The van der Waals surface area contributed by atoms with Crippen LogP contribution in [0.4, 0.5) is 0 Å². The molecule has 2 aromatic rings. The highest BCUT2D eigenvalue weighted by molar-refractivity contribution is 5.87. The van der Waals surface area contributed by atoms with Gasteiger partial charge >= 0.3 is 0 Å². The number of likely N-dealkylation sites (tertiary alicyclic amines) is 1. The number of aliphatic hydroxyl groups is 1. The number of nitrogens with one attached hydrogen (secondary N) is 3. The second-order valence-electron chi connectivity index (χ2n) is 9.78. The number of aromatic amines is 1. The molecule has 2 aliphatic rings. The molecule has 0 saturated carbocycles. The molecule has 3 heterocycles. The zero-order chi connectivity index (χ0) is 23.8. The predicted molar refractivity (Wildman–Crippen MR) is 122 cm³/mol. The molecule has 176 valence electrons. The highest BCUT2D eigenvalue weighted by atomic mass is 16.5. The second kappa shape index (κ2) is 9.04. The number of amides is 2. The van der Waals surface area contributed by atoms with E-state index in [9.17, 15) is 20.0 Å². The van der Waals surface area contributed by atoms with Crippen molar-refractivity contribution in [3.8, 4) is 11.8 Å². The van der Waals surface area contributed by atoms with E-state index in [4.69, 9.17) is 4.74 Å². The molecule has 2 fully saturated rings. The van der Waals surface area contributed by atoms with E-state index < -0.39 is 18.3 Å². The molecule has 1 aromatic carbocycles. The Bertz CT molecular complexity index is 1090. The number of benzene rings is 1. The van der Waals surface area contributed by atoms with E-state index in [2.05, 4.69) is 35.5 Å². The molecule has 4 N–H and O–H groups in total. The van der Waals surface area contributed by atoms with Crippen molar-refractivity contribution >= 4 is 22.7 Å². The minimum Gasteiger partial charge on any atom is -0.496 e. The fourth-order valence-corrected chi connectivity index (χ4v) is 5.02. The van der Waals surface area contributed by atoms with Gasteiger partial charge in [-0.1, -0.05) is 19.9 Å². The largest absolute Gasteiger partial charge is 0.496 e. The molecule has 0 spiro atoms. The summed E-state index contributed by atoms with van der Waals surface area (Å²) < 4.78 is 5.42. The van der Waals surface area contributed by atoms with Gasteiger partial charge in [0.25, 0.3) is 0 Å². The first-order valence-electron chi connectivity index (χ1n) is 11.3. The fourth-order valence-electron chi connectivity index (χ4n) is 5.02. The summed E-state index contributed by atoms with van der Waals surface area (Å²) >= 11 is 0. The Kier molecular flexibility index (Phi) is 6.32. The van der Waals surface area contributed by atoms with Crippen molar-refractivity contribution < 1.29 is 19.4 Å². The van der Waals surface area contributed by atoms with Crippen LogP contribution in [-0.4, -0.2) is 59.1 Å². The van der Waals surface area contributed by atoms with E-state index in [-0.39, 0.29) is 29.6 Å². The molecule has 4 rings (SSSR count). The number of aliphatic hydroxyl groups excluding tert-OH is 1. The zero-order valence-corrected chi connectivity index (χ0v) is 19.2. The molecule has 9 heteroatoms. The van der Waals surface area contributed by atoms with Gasteiger partial charge in [0.05, 0.1) is 24.9 Å². The quantitative estimate of drug-likeness (QED) is 0.506. The standard InChI is InChI=1S/C24H31N5O4/c1-24(2)11-19(22(31)27-15(12-25)9-14-7-8-26-21(14)30)29(13-24)23(32)18-10-16-17(28-18)5-4-6-20(16)33-3/h4-6,10,14-15,19,23,28,32H,7-9,11,13H2,1-3H3,(H,26,30)(H,27,31). The van der Waals surface area contributed by atoms with E-state index in [1.54, 1.807) is 12.0 Å². The number of aromatic nitrogens is 1. The predicted octanol–water partition coefficient (Wildman–Crippen LogP) is 1.80. The molecule has 4 unspecified atom stereocenters. The minimum atomic E-state index is -1.03. The number of carbonyl (C=O) groups excluding carboxylic acids is 2. The van der Waals surface area contributed by atoms with Gasteiger partial charge in [-0.3, -0.25) is 14.5 Å². The van der Waals surface area contributed by atoms with E-state index in [0.717, 1.165) is 10.9 Å². The SMILES string of the molecule is COc1cccc2[nH]c(C(O)N3CC(C)(C)CC3C(=O)NC(C#N)CC3CCNC3=O)cc12. The Balaban J connectivity index is 1.52. The average Bonchev–Trinajstić information content (AvgIpc) is 3.48. The Morgan fingerprint density at radius 3 is 2.91 bits per heavy atom. The van der Waals surface area contributed by atoms with Crippen molar-refractivity contribution in [1.82, 2.24) is 20.5 Å². The molecule has 33 heavy (non-hydrogen) atoms. The van der Waals surface area contributed by atoms with Crippen LogP contribution in [0, 0.1) is 22.7 Å². The Morgan fingerprint density at radius 2 is 2.24 bits per heavy atom. The molecule has 1 aromatic heterocycles. The van der Waals surface area contributed by atoms with Crippen LogP contribution in [0.15, 0.2) is 24.3 Å². The highest BCUT2D eigenvalue weighted by Crippen LogP contribution is 2.39. The maximum atomic E-state index is 13.2. The van der Waals surface area contributed by atoms with Crippen LogP contribution >= 0.6 is 0 Å². The van der Waals surface area contributed by atoms with Crippen LogP contribution in [0.2, 0.25) is 0 Å². The molecule has 9 nitrogen and oxygen atoms in total. The Morgan fingerprint density at radius 1 is 1.45 bits per heavy atom. The molecule has 0 aliphatic carbocycles. The number of nitrogens with zero attached hydrogens (tertiary/aromatic N) is 2. The van der Waals surface area contributed by atoms with Crippen LogP contribution in [-0.2, 0) is 9.59 Å². The van der Waals surface area contributed by atoms with Crippen LogP contribution in [0.5, 0.6) is 5.75 Å². The number of hydrogen-bond acceptors (Lipinski definition) is 6. The normalized spacial score (nSPS) is 24.3. The lowest BCUT2D eigenvalue weighted by Crippen LogP contribution is -2.48. The van der Waals surface area contributed by atoms with E-state index >= 15 is 0 Å². The third-order valence-corrected chi connectivity index (χ3v) is 6.67. The number of fused-ring (bicyclic) bond motifs is 1. The van der Waals surface area contributed by atoms with E-state index in [1.807, 2.05) is 24.3 Å². The second-order valence-corrected chi connectivity index (χ2v) is 9.78. The summed E-state index contributed by atoms with van der Waals surface area (Å²) in [6.07, 6.45) is 0.467. The number of nitriles is 1. The summed E-state index contributed by atoms with van der Waals surface area (Å²) in [5.41, 5.74) is 1.21. The molecule has 0 radical (unpaired) electrons. The molecular formula is C24H31N5O4. The van der Waals surface area contributed by atoms with Gasteiger partial charge in [-0.2, -0.15) is 5.26 Å². The van der Waals surface area contributed by atoms with Gasteiger partial charge in [0.15, 0.2) is 0 Å². The Hall–Kier alpha value is -3.09. The molecule has 4 atom stereocenters. The number of rotatable bonds is 7. The third-order valence-electron chi connectivity index (χ3n) is 6.67. The lowest BCUT2D eigenvalue weighted by molar-refractivity contribution is -0.130. The van der Waals surface area contributed by atoms with Gasteiger partial charge in [-0.05, 0) is 42.9 Å². The van der Waals surface area contributed by atoms with Crippen molar-refractivity contribution in [3.05, 3.63) is 30.0 Å².